The van der Waals surface area contributed by atoms with Gasteiger partial charge in [-0.1, -0.05) is 0 Å². The van der Waals surface area contributed by atoms with E-state index in [1.54, 1.807) is 21.0 Å². The molecule has 6 nitrogen and oxygen atoms in total. The van der Waals surface area contributed by atoms with Crippen LogP contribution in [-0.4, -0.2) is 41.8 Å². The number of nitrogens with one attached hydrogen (secondary N) is 1. The summed E-state index contributed by atoms with van der Waals surface area (Å²) in [6.45, 7) is 3.89. The summed E-state index contributed by atoms with van der Waals surface area (Å²) >= 11 is 0. The predicted molar refractivity (Wildman–Crippen MR) is 70.2 cm³/mol. The normalized spacial score (nSPS) is 21.6. The van der Waals surface area contributed by atoms with Gasteiger partial charge >= 0.3 is 5.97 Å². The van der Waals surface area contributed by atoms with Crippen LogP contribution >= 0.6 is 0 Å². The fourth-order valence-corrected chi connectivity index (χ4v) is 2.00. The molecule has 2 rings (SSSR count). The summed E-state index contributed by atoms with van der Waals surface area (Å²) in [6, 6.07) is 0.345. The first-order chi connectivity index (χ1) is 9.13. The summed E-state index contributed by atoms with van der Waals surface area (Å²) < 4.78 is 10.1. The molecule has 1 aromatic heterocycles. The first kappa shape index (κ1) is 13.7. The van der Waals surface area contributed by atoms with Crippen LogP contribution in [0.3, 0.4) is 0 Å². The van der Waals surface area contributed by atoms with E-state index in [1.165, 1.54) is 6.20 Å². The summed E-state index contributed by atoms with van der Waals surface area (Å²) in [5, 5.41) is 3.23. The lowest BCUT2D eigenvalue weighted by atomic mass is 9.89. The number of esters is 1. The number of carbonyl (C=O) groups excluding carboxylic acids is 1. The van der Waals surface area contributed by atoms with Gasteiger partial charge in [0.25, 0.3) is 0 Å². The number of ether oxygens (including phenoxy) is 2. The summed E-state index contributed by atoms with van der Waals surface area (Å²) in [4.78, 5) is 20.0. The van der Waals surface area contributed by atoms with Gasteiger partial charge in [0.2, 0.25) is 5.95 Å². The van der Waals surface area contributed by atoms with E-state index in [-0.39, 0.29) is 5.97 Å². The summed E-state index contributed by atoms with van der Waals surface area (Å²) in [6.07, 6.45) is 3.75. The Bertz CT molecular complexity index is 458. The number of anilines is 1. The largest absolute Gasteiger partial charge is 0.462 e. The monoisotopic (exact) mass is 265 g/mol. The van der Waals surface area contributed by atoms with Gasteiger partial charge < -0.3 is 14.8 Å². The van der Waals surface area contributed by atoms with E-state index in [1.807, 2.05) is 0 Å². The SMILES string of the molecule is CCOC(=O)c1cnc(NC2CC(OC)C2)nc1C. The molecule has 1 saturated carbocycles. The smallest absolute Gasteiger partial charge is 0.341 e. The number of carbonyl (C=O) groups is 1. The van der Waals surface area contributed by atoms with Crippen LogP contribution in [0.4, 0.5) is 5.95 Å². The zero-order valence-corrected chi connectivity index (χ0v) is 11.5. The number of hydrogen-bond donors (Lipinski definition) is 1. The molecule has 1 heterocycles. The van der Waals surface area contributed by atoms with E-state index >= 15 is 0 Å². The quantitative estimate of drug-likeness (QED) is 0.814. The van der Waals surface area contributed by atoms with Crippen LogP contribution in [0.5, 0.6) is 0 Å². The molecule has 0 spiro atoms. The molecule has 0 unspecified atom stereocenters. The van der Waals surface area contributed by atoms with E-state index in [0.717, 1.165) is 12.8 Å². The predicted octanol–water partition coefficient (Wildman–Crippen LogP) is 1.55. The molecule has 1 fully saturated rings. The number of rotatable bonds is 5. The zero-order valence-electron chi connectivity index (χ0n) is 11.5. The molecule has 104 valence electrons. The van der Waals surface area contributed by atoms with Gasteiger partial charge in [0.15, 0.2) is 0 Å². The van der Waals surface area contributed by atoms with Crippen molar-refractivity contribution in [1.82, 2.24) is 9.97 Å². The molecule has 0 radical (unpaired) electrons. The summed E-state index contributed by atoms with van der Waals surface area (Å²) in [7, 11) is 1.72. The van der Waals surface area contributed by atoms with E-state index in [9.17, 15) is 4.79 Å². The van der Waals surface area contributed by atoms with Crippen molar-refractivity contribution in [1.29, 1.82) is 0 Å². The van der Waals surface area contributed by atoms with Crippen molar-refractivity contribution in [2.75, 3.05) is 19.0 Å². The second-order valence-corrected chi connectivity index (χ2v) is 4.58. The standard InChI is InChI=1S/C13H19N3O3/c1-4-19-12(17)11-7-14-13(15-8(11)2)16-9-5-10(6-9)18-3/h7,9-10H,4-6H2,1-3H3,(H,14,15,16). The molecule has 1 aliphatic rings. The molecule has 0 amide bonds. The molecular formula is C13H19N3O3. The van der Waals surface area contributed by atoms with Gasteiger partial charge in [0, 0.05) is 19.3 Å². The Morgan fingerprint density at radius 3 is 2.84 bits per heavy atom. The number of methoxy groups -OCH3 is 1. The van der Waals surface area contributed by atoms with Gasteiger partial charge in [-0.3, -0.25) is 0 Å². The minimum atomic E-state index is -0.380. The first-order valence-electron chi connectivity index (χ1n) is 6.44. The molecule has 0 aromatic carbocycles. The molecule has 1 aromatic rings. The van der Waals surface area contributed by atoms with Crippen LogP contribution in [-0.2, 0) is 9.47 Å². The number of nitrogens with zero attached hydrogens (tertiary/aromatic N) is 2. The van der Waals surface area contributed by atoms with Crippen LogP contribution in [0.25, 0.3) is 0 Å². The van der Waals surface area contributed by atoms with Gasteiger partial charge in [-0.2, -0.15) is 0 Å². The van der Waals surface area contributed by atoms with Gasteiger partial charge in [0.05, 0.1) is 24.0 Å². The van der Waals surface area contributed by atoms with E-state index in [0.29, 0.717) is 36.0 Å². The number of aromatic nitrogens is 2. The fourth-order valence-electron chi connectivity index (χ4n) is 2.00. The molecule has 0 atom stereocenters. The highest BCUT2D eigenvalue weighted by atomic mass is 16.5. The van der Waals surface area contributed by atoms with E-state index in [2.05, 4.69) is 15.3 Å². The number of aryl methyl sites for hydroxylation is 1. The van der Waals surface area contributed by atoms with E-state index < -0.39 is 0 Å². The van der Waals surface area contributed by atoms with E-state index in [4.69, 9.17) is 9.47 Å². The van der Waals surface area contributed by atoms with Gasteiger partial charge in [-0.25, -0.2) is 14.8 Å². The molecule has 1 N–H and O–H groups in total. The van der Waals surface area contributed by atoms with Gasteiger partial charge in [-0.05, 0) is 26.7 Å². The third-order valence-corrected chi connectivity index (χ3v) is 3.24. The third-order valence-electron chi connectivity index (χ3n) is 3.24. The Hall–Kier alpha value is -1.69. The van der Waals surface area contributed by atoms with Crippen molar-refractivity contribution < 1.29 is 14.3 Å². The third kappa shape index (κ3) is 3.20. The van der Waals surface area contributed by atoms with Gasteiger partial charge in [-0.15, -0.1) is 0 Å². The number of hydrogen-bond acceptors (Lipinski definition) is 6. The second-order valence-electron chi connectivity index (χ2n) is 4.58. The molecule has 6 heteroatoms. The molecule has 0 aliphatic heterocycles. The Balaban J connectivity index is 1.97. The van der Waals surface area contributed by atoms with Crippen molar-refractivity contribution in [3.05, 3.63) is 17.5 Å². The van der Waals surface area contributed by atoms with Crippen LogP contribution in [0.2, 0.25) is 0 Å². The Morgan fingerprint density at radius 2 is 2.26 bits per heavy atom. The van der Waals surface area contributed by atoms with Crippen LogP contribution in [0, 0.1) is 6.92 Å². The molecule has 1 aliphatic carbocycles. The first-order valence-corrected chi connectivity index (χ1v) is 6.44. The van der Waals surface area contributed by atoms with Crippen molar-refractivity contribution in [2.24, 2.45) is 0 Å². The summed E-state index contributed by atoms with van der Waals surface area (Å²) in [5.74, 6) is 0.166. The highest BCUT2D eigenvalue weighted by Gasteiger charge is 2.29. The average Bonchev–Trinajstić information content (AvgIpc) is 2.33. The Kier molecular flexibility index (Phi) is 4.31. The van der Waals surface area contributed by atoms with Crippen LogP contribution in [0.15, 0.2) is 6.20 Å². The highest BCUT2D eigenvalue weighted by molar-refractivity contribution is 5.90. The minimum Gasteiger partial charge on any atom is -0.462 e. The Morgan fingerprint density at radius 1 is 1.53 bits per heavy atom. The lowest BCUT2D eigenvalue weighted by molar-refractivity contribution is 0.0327. The van der Waals surface area contributed by atoms with Crippen molar-refractivity contribution >= 4 is 11.9 Å². The van der Waals surface area contributed by atoms with Crippen molar-refractivity contribution in [3.63, 3.8) is 0 Å². The lowest BCUT2D eigenvalue weighted by Gasteiger charge is -2.34. The zero-order chi connectivity index (χ0) is 13.8. The maximum Gasteiger partial charge on any atom is 0.341 e. The van der Waals surface area contributed by atoms with Crippen LogP contribution < -0.4 is 5.32 Å². The molecule has 0 saturated heterocycles. The highest BCUT2D eigenvalue weighted by Crippen LogP contribution is 2.25. The molecule has 0 bridgehead atoms. The van der Waals surface area contributed by atoms with Crippen LogP contribution in [0.1, 0.15) is 35.8 Å². The maximum atomic E-state index is 11.6. The van der Waals surface area contributed by atoms with Crippen molar-refractivity contribution in [3.8, 4) is 0 Å². The summed E-state index contributed by atoms with van der Waals surface area (Å²) in [5.41, 5.74) is 1.04. The average molecular weight is 265 g/mol. The lowest BCUT2D eigenvalue weighted by Crippen LogP contribution is -2.40. The second kappa shape index (κ2) is 5.97. The Labute approximate surface area is 112 Å². The topological polar surface area (TPSA) is 73.3 Å². The van der Waals surface area contributed by atoms with Crippen molar-refractivity contribution in [2.45, 2.75) is 38.8 Å². The molecular weight excluding hydrogens is 246 g/mol. The molecule has 19 heavy (non-hydrogen) atoms. The maximum absolute atomic E-state index is 11.6. The minimum absolute atomic E-state index is 0.331. The fraction of sp³-hybridized carbons (Fsp3) is 0.615. The van der Waals surface area contributed by atoms with Gasteiger partial charge in [0.1, 0.15) is 0 Å².